The first-order valence-electron chi connectivity index (χ1n) is 5.88. The molecule has 0 saturated carbocycles. The average Bonchev–Trinajstić information content (AvgIpc) is 2.42. The Morgan fingerprint density at radius 2 is 1.81 bits per heavy atom. The number of hydrogen-bond donors (Lipinski definition) is 1. The zero-order chi connectivity index (χ0) is 15.6. The predicted molar refractivity (Wildman–Crippen MR) is 89.1 cm³/mol. The van der Waals surface area contributed by atoms with Gasteiger partial charge in [0.05, 0.1) is 10.6 Å². The summed E-state index contributed by atoms with van der Waals surface area (Å²) in [6.07, 6.45) is 0. The van der Waals surface area contributed by atoms with Gasteiger partial charge in [-0.15, -0.1) is 0 Å². The van der Waals surface area contributed by atoms with Crippen molar-refractivity contribution in [2.24, 2.45) is 0 Å². The molecule has 0 unspecified atom stereocenters. The first-order chi connectivity index (χ1) is 9.79. The van der Waals surface area contributed by atoms with Crippen LogP contribution in [-0.4, -0.2) is 14.2 Å². The van der Waals surface area contributed by atoms with Gasteiger partial charge in [0.2, 0.25) is 0 Å². The second-order valence-electron chi connectivity index (χ2n) is 4.31. The van der Waals surface area contributed by atoms with Crippen LogP contribution in [0.5, 0.6) is 0 Å². The molecule has 0 aromatic heterocycles. The lowest BCUT2D eigenvalue weighted by molar-refractivity contribution is 0.101. The molecule has 0 amide bonds. The van der Waals surface area contributed by atoms with Crippen molar-refractivity contribution in [3.8, 4) is 0 Å². The van der Waals surface area contributed by atoms with Gasteiger partial charge in [0, 0.05) is 14.5 Å². The SMILES string of the molecule is CC(=O)c1cccc(S(=O)(=O)Nc2ccc(Br)cc2Br)c1. The van der Waals surface area contributed by atoms with Gasteiger partial charge in [0.1, 0.15) is 0 Å². The number of halogens is 2. The minimum absolute atomic E-state index is 0.0463. The Bertz CT molecular complexity index is 804. The van der Waals surface area contributed by atoms with E-state index in [-0.39, 0.29) is 10.7 Å². The van der Waals surface area contributed by atoms with Crippen molar-refractivity contribution in [1.29, 1.82) is 0 Å². The van der Waals surface area contributed by atoms with Crippen LogP contribution in [0.1, 0.15) is 17.3 Å². The van der Waals surface area contributed by atoms with E-state index in [1.165, 1.54) is 19.1 Å². The molecule has 2 aromatic carbocycles. The molecule has 110 valence electrons. The molecule has 0 heterocycles. The third-order valence-electron chi connectivity index (χ3n) is 2.73. The van der Waals surface area contributed by atoms with Gasteiger partial charge in [-0.1, -0.05) is 28.1 Å². The third kappa shape index (κ3) is 3.93. The van der Waals surface area contributed by atoms with Gasteiger partial charge in [-0.25, -0.2) is 8.42 Å². The van der Waals surface area contributed by atoms with Crippen molar-refractivity contribution >= 4 is 53.4 Å². The number of Topliss-reactive ketones (excluding diaryl/α,β-unsaturated/α-hetero) is 1. The fraction of sp³-hybridized carbons (Fsp3) is 0.0714. The number of hydrogen-bond acceptors (Lipinski definition) is 3. The highest BCUT2D eigenvalue weighted by Gasteiger charge is 2.16. The van der Waals surface area contributed by atoms with Crippen molar-refractivity contribution in [1.82, 2.24) is 0 Å². The van der Waals surface area contributed by atoms with E-state index in [4.69, 9.17) is 0 Å². The normalized spacial score (nSPS) is 11.2. The number of sulfonamides is 1. The number of anilines is 1. The molecule has 7 heteroatoms. The van der Waals surface area contributed by atoms with Gasteiger partial charge >= 0.3 is 0 Å². The Hall–Kier alpha value is -1.18. The highest BCUT2D eigenvalue weighted by Crippen LogP contribution is 2.28. The molecular weight excluding hydrogens is 422 g/mol. The molecular formula is C14H11Br2NO3S. The predicted octanol–water partition coefficient (Wildman–Crippen LogP) is 4.22. The second-order valence-corrected chi connectivity index (χ2v) is 7.77. The van der Waals surface area contributed by atoms with Gasteiger partial charge in [-0.2, -0.15) is 0 Å². The molecule has 0 aliphatic carbocycles. The topological polar surface area (TPSA) is 63.2 Å². The quantitative estimate of drug-likeness (QED) is 0.735. The van der Waals surface area contributed by atoms with Gasteiger partial charge < -0.3 is 0 Å². The van der Waals surface area contributed by atoms with Gasteiger partial charge in [0.25, 0.3) is 10.0 Å². The number of ketones is 1. The molecule has 0 atom stereocenters. The number of rotatable bonds is 4. The summed E-state index contributed by atoms with van der Waals surface area (Å²) in [5.74, 6) is -0.183. The van der Waals surface area contributed by atoms with E-state index in [9.17, 15) is 13.2 Å². The molecule has 0 fully saturated rings. The number of benzene rings is 2. The monoisotopic (exact) mass is 431 g/mol. The molecule has 0 saturated heterocycles. The van der Waals surface area contributed by atoms with Crippen molar-refractivity contribution < 1.29 is 13.2 Å². The summed E-state index contributed by atoms with van der Waals surface area (Å²) in [7, 11) is -3.75. The maximum absolute atomic E-state index is 12.4. The molecule has 1 N–H and O–H groups in total. The lowest BCUT2D eigenvalue weighted by atomic mass is 10.2. The summed E-state index contributed by atoms with van der Waals surface area (Å²) in [6.45, 7) is 1.39. The first kappa shape index (κ1) is 16.2. The minimum atomic E-state index is -3.75. The van der Waals surface area contributed by atoms with Gasteiger partial charge in [-0.3, -0.25) is 9.52 Å². The number of nitrogens with one attached hydrogen (secondary N) is 1. The Morgan fingerprint density at radius 1 is 1.10 bits per heavy atom. The number of carbonyl (C=O) groups excluding carboxylic acids is 1. The number of carbonyl (C=O) groups is 1. The zero-order valence-electron chi connectivity index (χ0n) is 10.9. The van der Waals surface area contributed by atoms with Crippen LogP contribution in [0.4, 0.5) is 5.69 Å². The van der Waals surface area contributed by atoms with Crippen molar-refractivity contribution in [2.45, 2.75) is 11.8 Å². The van der Waals surface area contributed by atoms with E-state index in [0.717, 1.165) is 4.47 Å². The lowest BCUT2D eigenvalue weighted by Crippen LogP contribution is -2.13. The average molecular weight is 433 g/mol. The molecule has 0 radical (unpaired) electrons. The van der Waals surface area contributed by atoms with Crippen LogP contribution in [-0.2, 0) is 10.0 Å². The molecule has 0 bridgehead atoms. The molecule has 2 rings (SSSR count). The molecule has 2 aromatic rings. The Labute approximate surface area is 139 Å². The maximum Gasteiger partial charge on any atom is 0.261 e. The van der Waals surface area contributed by atoms with E-state index < -0.39 is 10.0 Å². The van der Waals surface area contributed by atoms with Crippen LogP contribution in [0.3, 0.4) is 0 Å². The van der Waals surface area contributed by atoms with E-state index in [2.05, 4.69) is 36.6 Å². The summed E-state index contributed by atoms with van der Waals surface area (Å²) >= 11 is 6.60. The maximum atomic E-state index is 12.4. The van der Waals surface area contributed by atoms with Crippen molar-refractivity contribution in [3.63, 3.8) is 0 Å². The molecule has 0 aliphatic rings. The highest BCUT2D eigenvalue weighted by atomic mass is 79.9. The summed E-state index contributed by atoms with van der Waals surface area (Å²) in [5, 5.41) is 0. The van der Waals surface area contributed by atoms with Gasteiger partial charge in [-0.05, 0) is 53.2 Å². The Morgan fingerprint density at radius 3 is 2.43 bits per heavy atom. The summed E-state index contributed by atoms with van der Waals surface area (Å²) < 4.78 is 28.7. The van der Waals surface area contributed by atoms with Crippen molar-refractivity contribution in [3.05, 3.63) is 57.0 Å². The minimum Gasteiger partial charge on any atom is -0.295 e. The molecule has 0 aliphatic heterocycles. The first-order valence-corrected chi connectivity index (χ1v) is 8.95. The highest BCUT2D eigenvalue weighted by molar-refractivity contribution is 9.11. The molecule has 4 nitrogen and oxygen atoms in total. The smallest absolute Gasteiger partial charge is 0.261 e. The fourth-order valence-electron chi connectivity index (χ4n) is 1.66. The third-order valence-corrected chi connectivity index (χ3v) is 5.24. The Balaban J connectivity index is 2.38. The van der Waals surface area contributed by atoms with Gasteiger partial charge in [0.15, 0.2) is 5.78 Å². The largest absolute Gasteiger partial charge is 0.295 e. The lowest BCUT2D eigenvalue weighted by Gasteiger charge is -2.10. The van der Waals surface area contributed by atoms with Crippen LogP contribution in [0.2, 0.25) is 0 Å². The summed E-state index contributed by atoms with van der Waals surface area (Å²) in [4.78, 5) is 11.4. The van der Waals surface area contributed by atoms with E-state index in [0.29, 0.717) is 15.7 Å². The Kier molecular flexibility index (Phi) is 4.85. The van der Waals surface area contributed by atoms with Crippen LogP contribution < -0.4 is 4.72 Å². The molecule has 0 spiro atoms. The van der Waals surface area contributed by atoms with Crippen LogP contribution in [0.15, 0.2) is 56.3 Å². The summed E-state index contributed by atoms with van der Waals surface area (Å²) in [6, 6.07) is 11.0. The van der Waals surface area contributed by atoms with Crippen LogP contribution >= 0.6 is 31.9 Å². The summed E-state index contributed by atoms with van der Waals surface area (Å²) in [5.41, 5.74) is 0.777. The van der Waals surface area contributed by atoms with Crippen LogP contribution in [0, 0.1) is 0 Å². The van der Waals surface area contributed by atoms with E-state index >= 15 is 0 Å². The van der Waals surface area contributed by atoms with Crippen molar-refractivity contribution in [2.75, 3.05) is 4.72 Å². The van der Waals surface area contributed by atoms with E-state index in [1.807, 2.05) is 0 Å². The fourth-order valence-corrected chi connectivity index (χ4v) is 4.06. The molecule has 21 heavy (non-hydrogen) atoms. The van der Waals surface area contributed by atoms with E-state index in [1.54, 1.807) is 30.3 Å². The zero-order valence-corrected chi connectivity index (χ0v) is 14.9. The standard InChI is InChI=1S/C14H11Br2NO3S/c1-9(18)10-3-2-4-12(7-10)21(19,20)17-14-6-5-11(15)8-13(14)16/h2-8,17H,1H3. The second kappa shape index (κ2) is 6.29. The van der Waals surface area contributed by atoms with Crippen LogP contribution in [0.25, 0.3) is 0 Å².